The molecule has 1 N–H and O–H groups in total. The molecule has 0 saturated carbocycles. The number of ether oxygens (including phenoxy) is 1. The Hall–Kier alpha value is -1.36. The van der Waals surface area contributed by atoms with Gasteiger partial charge in [-0.05, 0) is 34.1 Å². The Morgan fingerprint density at radius 1 is 1.43 bits per heavy atom. The number of esters is 1. The molecule has 0 aliphatic rings. The summed E-state index contributed by atoms with van der Waals surface area (Å²) in [5, 5.41) is 8.69. The van der Waals surface area contributed by atoms with Crippen LogP contribution >= 0.6 is 15.9 Å². The minimum absolute atomic E-state index is 0.0496. The van der Waals surface area contributed by atoms with E-state index in [1.54, 1.807) is 0 Å². The molecule has 14 heavy (non-hydrogen) atoms. The van der Waals surface area contributed by atoms with Gasteiger partial charge in [0.2, 0.25) is 0 Å². The third kappa shape index (κ3) is 2.11. The first-order valence-electron chi connectivity index (χ1n) is 3.67. The van der Waals surface area contributed by atoms with Gasteiger partial charge in [-0.3, -0.25) is 0 Å². The van der Waals surface area contributed by atoms with Crippen LogP contribution in [0.2, 0.25) is 0 Å². The van der Waals surface area contributed by atoms with Crippen LogP contribution in [0.5, 0.6) is 0 Å². The van der Waals surface area contributed by atoms with Crippen molar-refractivity contribution in [2.24, 2.45) is 0 Å². The standard InChI is InChI=1S/C9H7BrO4/c1-14-9(13)6-4-5(8(11)12)2-3-7(6)10/h2-4H,1H3,(H,11,12). The van der Waals surface area contributed by atoms with E-state index in [9.17, 15) is 9.59 Å². The molecule has 4 nitrogen and oxygen atoms in total. The highest BCUT2D eigenvalue weighted by molar-refractivity contribution is 9.10. The largest absolute Gasteiger partial charge is 0.478 e. The molecule has 1 rings (SSSR count). The second kappa shape index (κ2) is 4.23. The number of rotatable bonds is 2. The average Bonchev–Trinajstić information content (AvgIpc) is 2.17. The fourth-order valence-electron chi connectivity index (χ4n) is 0.925. The van der Waals surface area contributed by atoms with Gasteiger partial charge in [-0.1, -0.05) is 0 Å². The number of carboxylic acid groups (broad SMARTS) is 1. The predicted molar refractivity (Wildman–Crippen MR) is 52.4 cm³/mol. The van der Waals surface area contributed by atoms with E-state index in [4.69, 9.17) is 5.11 Å². The number of benzene rings is 1. The lowest BCUT2D eigenvalue weighted by molar-refractivity contribution is 0.0599. The predicted octanol–water partition coefficient (Wildman–Crippen LogP) is 1.93. The molecule has 0 heterocycles. The highest BCUT2D eigenvalue weighted by Crippen LogP contribution is 2.19. The van der Waals surface area contributed by atoms with Crippen molar-refractivity contribution < 1.29 is 19.4 Å². The normalized spacial score (nSPS) is 9.57. The Kier molecular flexibility index (Phi) is 3.24. The van der Waals surface area contributed by atoms with Gasteiger partial charge in [-0.25, -0.2) is 9.59 Å². The van der Waals surface area contributed by atoms with Gasteiger partial charge in [-0.2, -0.15) is 0 Å². The zero-order chi connectivity index (χ0) is 10.7. The molecule has 74 valence electrons. The quantitative estimate of drug-likeness (QED) is 0.824. The molecule has 0 unspecified atom stereocenters. The number of carbonyl (C=O) groups excluding carboxylic acids is 1. The maximum atomic E-state index is 11.2. The van der Waals surface area contributed by atoms with Crippen molar-refractivity contribution in [2.75, 3.05) is 7.11 Å². The van der Waals surface area contributed by atoms with Crippen LogP contribution in [0.15, 0.2) is 22.7 Å². The van der Waals surface area contributed by atoms with Crippen LogP contribution in [-0.4, -0.2) is 24.2 Å². The van der Waals surface area contributed by atoms with E-state index in [0.29, 0.717) is 4.47 Å². The Morgan fingerprint density at radius 3 is 2.57 bits per heavy atom. The second-order valence-corrected chi connectivity index (χ2v) is 3.35. The molecule has 5 heteroatoms. The summed E-state index contributed by atoms with van der Waals surface area (Å²) in [6, 6.07) is 4.16. The first-order chi connectivity index (χ1) is 6.56. The van der Waals surface area contributed by atoms with E-state index in [1.165, 1.54) is 25.3 Å². The smallest absolute Gasteiger partial charge is 0.339 e. The molecule has 1 aromatic rings. The zero-order valence-corrected chi connectivity index (χ0v) is 8.87. The van der Waals surface area contributed by atoms with Gasteiger partial charge in [0.25, 0.3) is 0 Å². The van der Waals surface area contributed by atoms with E-state index in [1.807, 2.05) is 0 Å². The van der Waals surface area contributed by atoms with Gasteiger partial charge < -0.3 is 9.84 Å². The lowest BCUT2D eigenvalue weighted by Crippen LogP contribution is -2.05. The van der Waals surface area contributed by atoms with E-state index < -0.39 is 11.9 Å². The fraction of sp³-hybridized carbons (Fsp3) is 0.111. The van der Waals surface area contributed by atoms with Gasteiger partial charge in [0.15, 0.2) is 0 Å². The van der Waals surface area contributed by atoms with Crippen LogP contribution in [0, 0.1) is 0 Å². The van der Waals surface area contributed by atoms with Crippen molar-refractivity contribution >= 4 is 27.9 Å². The SMILES string of the molecule is COC(=O)c1cc(C(=O)O)ccc1Br. The van der Waals surface area contributed by atoms with Crippen molar-refractivity contribution in [3.63, 3.8) is 0 Å². The third-order valence-electron chi connectivity index (χ3n) is 1.62. The summed E-state index contributed by atoms with van der Waals surface area (Å²) in [5.74, 6) is -1.65. The van der Waals surface area contributed by atoms with E-state index >= 15 is 0 Å². The molecule has 0 bridgehead atoms. The van der Waals surface area contributed by atoms with Crippen LogP contribution in [0.4, 0.5) is 0 Å². The van der Waals surface area contributed by atoms with E-state index in [0.717, 1.165) is 0 Å². The molecule has 0 radical (unpaired) electrons. The molecular formula is C9H7BrO4. The van der Waals surface area contributed by atoms with Crippen molar-refractivity contribution in [1.82, 2.24) is 0 Å². The highest BCUT2D eigenvalue weighted by atomic mass is 79.9. The summed E-state index contributed by atoms with van der Waals surface area (Å²) in [6.45, 7) is 0. The lowest BCUT2D eigenvalue weighted by atomic mass is 10.1. The van der Waals surface area contributed by atoms with Crippen molar-refractivity contribution in [3.05, 3.63) is 33.8 Å². The van der Waals surface area contributed by atoms with Gasteiger partial charge in [0.1, 0.15) is 0 Å². The van der Waals surface area contributed by atoms with Crippen molar-refractivity contribution in [1.29, 1.82) is 0 Å². The van der Waals surface area contributed by atoms with Gasteiger partial charge in [0, 0.05) is 4.47 Å². The monoisotopic (exact) mass is 258 g/mol. The summed E-state index contributed by atoms with van der Waals surface area (Å²) in [7, 11) is 1.24. The van der Waals surface area contributed by atoms with E-state index in [2.05, 4.69) is 20.7 Å². The number of carbonyl (C=O) groups is 2. The first-order valence-corrected chi connectivity index (χ1v) is 4.46. The van der Waals surface area contributed by atoms with Crippen LogP contribution in [0.3, 0.4) is 0 Å². The van der Waals surface area contributed by atoms with Crippen LogP contribution in [0.25, 0.3) is 0 Å². The van der Waals surface area contributed by atoms with E-state index in [-0.39, 0.29) is 11.1 Å². The molecule has 0 aromatic heterocycles. The summed E-state index contributed by atoms with van der Waals surface area (Å²) < 4.78 is 5.00. The topological polar surface area (TPSA) is 63.6 Å². The molecule has 0 saturated heterocycles. The molecule has 0 aliphatic heterocycles. The summed E-state index contributed by atoms with van der Waals surface area (Å²) in [4.78, 5) is 21.8. The second-order valence-electron chi connectivity index (χ2n) is 2.49. The highest BCUT2D eigenvalue weighted by Gasteiger charge is 2.13. The number of hydrogen-bond donors (Lipinski definition) is 1. The Morgan fingerprint density at radius 2 is 2.07 bits per heavy atom. The minimum atomic E-state index is -1.08. The maximum absolute atomic E-state index is 11.2. The molecule has 0 atom stereocenters. The van der Waals surface area contributed by atoms with Crippen LogP contribution in [0.1, 0.15) is 20.7 Å². The van der Waals surface area contributed by atoms with Crippen molar-refractivity contribution in [3.8, 4) is 0 Å². The number of aromatic carboxylic acids is 1. The first kappa shape index (κ1) is 10.7. The molecule has 0 spiro atoms. The average molecular weight is 259 g/mol. The fourth-order valence-corrected chi connectivity index (χ4v) is 1.33. The number of carboxylic acids is 1. The molecule has 1 aromatic carbocycles. The summed E-state index contributed by atoms with van der Waals surface area (Å²) >= 11 is 3.13. The van der Waals surface area contributed by atoms with Gasteiger partial charge in [0.05, 0.1) is 18.2 Å². The summed E-state index contributed by atoms with van der Waals surface area (Å²) in [5.41, 5.74) is 0.251. The Labute approximate surface area is 88.6 Å². The minimum Gasteiger partial charge on any atom is -0.478 e. The Bertz CT molecular complexity index is 386. The third-order valence-corrected chi connectivity index (χ3v) is 2.31. The molecular weight excluding hydrogens is 252 g/mol. The van der Waals surface area contributed by atoms with Gasteiger partial charge in [-0.15, -0.1) is 0 Å². The maximum Gasteiger partial charge on any atom is 0.339 e. The number of hydrogen-bond acceptors (Lipinski definition) is 3. The van der Waals surface area contributed by atoms with Crippen LogP contribution in [-0.2, 0) is 4.74 Å². The summed E-state index contributed by atoms with van der Waals surface area (Å²) in [6.07, 6.45) is 0. The molecule has 0 aliphatic carbocycles. The van der Waals surface area contributed by atoms with Crippen molar-refractivity contribution in [2.45, 2.75) is 0 Å². The van der Waals surface area contributed by atoms with Gasteiger partial charge >= 0.3 is 11.9 Å². The number of methoxy groups -OCH3 is 1. The molecule has 0 fully saturated rings. The lowest BCUT2D eigenvalue weighted by Gasteiger charge is -2.03. The zero-order valence-electron chi connectivity index (χ0n) is 7.28. The molecule has 0 amide bonds. The number of halogens is 1. The Balaban J connectivity index is 3.21. The van der Waals surface area contributed by atoms with Crippen LogP contribution < -0.4 is 0 Å².